The number of nitrogens with zero attached hydrogens (tertiary/aromatic N) is 4. The van der Waals surface area contributed by atoms with Gasteiger partial charge in [0.1, 0.15) is 12.4 Å². The molecule has 1 aliphatic rings. The first kappa shape index (κ1) is 26.3. The number of rotatable bonds is 5. The number of pyridine rings is 1. The van der Waals surface area contributed by atoms with Crippen LogP contribution < -0.4 is 21.1 Å². The molecule has 6 rings (SSSR count). The Kier molecular flexibility index (Phi) is 7.20. The van der Waals surface area contributed by atoms with Gasteiger partial charge in [0.15, 0.2) is 11.4 Å². The van der Waals surface area contributed by atoms with E-state index in [0.717, 1.165) is 18.5 Å². The molecule has 0 bridgehead atoms. The van der Waals surface area contributed by atoms with Gasteiger partial charge in [-0.25, -0.2) is 5.10 Å². The van der Waals surface area contributed by atoms with E-state index in [4.69, 9.17) is 10.5 Å². The number of para-hydroxylation sites is 1. The third-order valence-corrected chi connectivity index (χ3v) is 7.22. The second-order valence-electron chi connectivity index (χ2n) is 9.91. The van der Waals surface area contributed by atoms with Gasteiger partial charge < -0.3 is 15.8 Å². The number of nitrogens with two attached hydrogens (primary N) is 1. The summed E-state index contributed by atoms with van der Waals surface area (Å²) in [7, 11) is 0. The Morgan fingerprint density at radius 2 is 1.98 bits per heavy atom. The SMILES string of the molecule is CC(NC(=O)c1c(N)[nH][n+]2cccnc12)c1cc2cccc(C#CCN3CCOCC3)c2c(=O)n1-c1ccccc1. The highest BCUT2D eigenvalue weighted by molar-refractivity contribution is 6.03. The topological polar surface area (TPSA) is 122 Å². The monoisotopic (exact) mass is 548 g/mol. The van der Waals surface area contributed by atoms with Gasteiger partial charge >= 0.3 is 5.65 Å². The fourth-order valence-corrected chi connectivity index (χ4v) is 5.17. The molecule has 0 aliphatic carbocycles. The molecule has 0 radical (unpaired) electrons. The Hall–Kier alpha value is -4.98. The van der Waals surface area contributed by atoms with Crippen molar-refractivity contribution in [1.82, 2.24) is 24.9 Å². The van der Waals surface area contributed by atoms with Gasteiger partial charge in [0.2, 0.25) is 0 Å². The Morgan fingerprint density at radius 1 is 1.17 bits per heavy atom. The number of carbonyl (C=O) groups is 1. The first-order valence-corrected chi connectivity index (χ1v) is 13.5. The van der Waals surface area contributed by atoms with Gasteiger partial charge in [-0.05, 0) is 41.6 Å². The molecule has 2 aromatic carbocycles. The van der Waals surface area contributed by atoms with Crippen molar-refractivity contribution in [2.45, 2.75) is 13.0 Å². The van der Waals surface area contributed by atoms with Crippen molar-refractivity contribution in [3.63, 3.8) is 0 Å². The summed E-state index contributed by atoms with van der Waals surface area (Å²) in [4.78, 5) is 34.2. The molecule has 5 aromatic rings. The van der Waals surface area contributed by atoms with E-state index in [1.807, 2.05) is 61.5 Å². The highest BCUT2D eigenvalue weighted by Gasteiger charge is 2.27. The number of aromatic nitrogens is 4. The Bertz CT molecular complexity index is 1860. The molecule has 1 amide bonds. The predicted octanol–water partition coefficient (Wildman–Crippen LogP) is 2.21. The lowest BCUT2D eigenvalue weighted by Gasteiger charge is -2.24. The number of nitrogens with one attached hydrogen (secondary N) is 2. The van der Waals surface area contributed by atoms with Crippen LogP contribution in [0.1, 0.15) is 34.6 Å². The average molecular weight is 549 g/mol. The quantitative estimate of drug-likeness (QED) is 0.229. The van der Waals surface area contributed by atoms with Crippen LogP contribution >= 0.6 is 0 Å². The summed E-state index contributed by atoms with van der Waals surface area (Å²) in [5.41, 5.74) is 8.57. The molecule has 206 valence electrons. The number of morpholine rings is 1. The molecule has 1 saturated heterocycles. The smallest absolute Gasteiger partial charge is 0.362 e. The van der Waals surface area contributed by atoms with Crippen molar-refractivity contribution in [2.75, 3.05) is 38.6 Å². The van der Waals surface area contributed by atoms with Crippen molar-refractivity contribution in [3.05, 3.63) is 100 Å². The number of anilines is 1. The van der Waals surface area contributed by atoms with E-state index in [2.05, 4.69) is 32.1 Å². The van der Waals surface area contributed by atoms with Crippen LogP contribution in [0.4, 0.5) is 5.82 Å². The Labute approximate surface area is 236 Å². The van der Waals surface area contributed by atoms with E-state index in [1.165, 1.54) is 0 Å². The van der Waals surface area contributed by atoms with Gasteiger partial charge in [-0.1, -0.05) is 42.2 Å². The fourth-order valence-electron chi connectivity index (χ4n) is 5.17. The van der Waals surface area contributed by atoms with Crippen molar-refractivity contribution in [1.29, 1.82) is 0 Å². The number of hydrogen-bond acceptors (Lipinski definition) is 6. The average Bonchev–Trinajstić information content (AvgIpc) is 3.33. The van der Waals surface area contributed by atoms with E-state index < -0.39 is 11.9 Å². The fraction of sp³-hybridized carbons (Fsp3) is 0.226. The van der Waals surface area contributed by atoms with Gasteiger partial charge in [-0.3, -0.25) is 19.1 Å². The molecule has 1 unspecified atom stereocenters. The summed E-state index contributed by atoms with van der Waals surface area (Å²) in [6.07, 6.45) is 3.33. The Balaban J connectivity index is 1.41. The predicted molar refractivity (Wildman–Crippen MR) is 156 cm³/mol. The summed E-state index contributed by atoms with van der Waals surface area (Å²) < 4.78 is 8.66. The molecule has 41 heavy (non-hydrogen) atoms. The number of hydrogen-bond donors (Lipinski definition) is 3. The summed E-state index contributed by atoms with van der Waals surface area (Å²) in [5.74, 6) is 6.28. The normalized spacial score (nSPS) is 14.5. The molecular formula is C31H30N7O3+. The maximum atomic E-state index is 14.2. The second-order valence-corrected chi connectivity index (χ2v) is 9.91. The van der Waals surface area contributed by atoms with Gasteiger partial charge in [-0.2, -0.15) is 0 Å². The molecule has 1 atom stereocenters. The van der Waals surface area contributed by atoms with E-state index in [-0.39, 0.29) is 16.9 Å². The maximum Gasteiger partial charge on any atom is 0.362 e. The maximum absolute atomic E-state index is 14.2. The number of carbonyl (C=O) groups excluding carboxylic acids is 1. The van der Waals surface area contributed by atoms with Crippen LogP contribution in [0.15, 0.2) is 77.9 Å². The summed E-state index contributed by atoms with van der Waals surface area (Å²) >= 11 is 0. The molecule has 10 heteroatoms. The standard InChI is InChI=1S/C31H29N7O3/c1-21(34-30(39)27-28(32)35-37-15-7-13-33-29(27)37)25-20-23-9-5-8-22(10-6-14-36-16-18-41-19-17-36)26(23)31(40)38(25)24-11-3-2-4-12-24/h2-5,7-9,11-13,15,20-21H,14,16-19H2,1H3,(H3,32,34,35,39)/p+1. The molecule has 1 aliphatic heterocycles. The van der Waals surface area contributed by atoms with Crippen molar-refractivity contribution < 1.29 is 14.0 Å². The number of aromatic amines is 1. The summed E-state index contributed by atoms with van der Waals surface area (Å²) in [6, 6.07) is 18.2. The number of H-pyrrole nitrogens is 1. The number of amides is 1. The number of ether oxygens (including phenoxy) is 1. The summed E-state index contributed by atoms with van der Waals surface area (Å²) in [6.45, 7) is 5.55. The van der Waals surface area contributed by atoms with E-state index in [1.54, 1.807) is 27.5 Å². The van der Waals surface area contributed by atoms with Gasteiger partial charge in [0.25, 0.3) is 11.5 Å². The molecule has 4 heterocycles. The lowest BCUT2D eigenvalue weighted by atomic mass is 10.0. The van der Waals surface area contributed by atoms with E-state index >= 15 is 0 Å². The molecule has 1 fully saturated rings. The zero-order valence-electron chi connectivity index (χ0n) is 22.6. The van der Waals surface area contributed by atoms with Crippen LogP contribution in [0.3, 0.4) is 0 Å². The van der Waals surface area contributed by atoms with Crippen molar-refractivity contribution in [2.24, 2.45) is 0 Å². The van der Waals surface area contributed by atoms with Crippen molar-refractivity contribution in [3.8, 4) is 17.5 Å². The minimum atomic E-state index is -0.547. The third kappa shape index (κ3) is 5.16. The highest BCUT2D eigenvalue weighted by Crippen LogP contribution is 2.24. The van der Waals surface area contributed by atoms with E-state index in [9.17, 15) is 9.59 Å². The molecule has 4 N–H and O–H groups in total. The first-order chi connectivity index (χ1) is 20.0. The highest BCUT2D eigenvalue weighted by atomic mass is 16.5. The van der Waals surface area contributed by atoms with Crippen molar-refractivity contribution >= 4 is 28.1 Å². The molecule has 0 spiro atoms. The third-order valence-electron chi connectivity index (χ3n) is 7.22. The van der Waals surface area contributed by atoms with Crippen LogP contribution in [0, 0.1) is 11.8 Å². The van der Waals surface area contributed by atoms with Crippen LogP contribution in [0.5, 0.6) is 0 Å². The minimum absolute atomic E-state index is 0.202. The molecular weight excluding hydrogens is 518 g/mol. The van der Waals surface area contributed by atoms with Gasteiger partial charge in [0, 0.05) is 36.1 Å². The van der Waals surface area contributed by atoms with Gasteiger partial charge in [-0.15, -0.1) is 4.52 Å². The largest absolute Gasteiger partial charge is 0.382 e. The molecule has 3 aromatic heterocycles. The first-order valence-electron chi connectivity index (χ1n) is 13.5. The summed E-state index contributed by atoms with van der Waals surface area (Å²) in [5, 5.41) is 7.24. The molecule has 0 saturated carbocycles. The van der Waals surface area contributed by atoms with Crippen LogP contribution in [-0.4, -0.2) is 58.3 Å². The zero-order valence-corrected chi connectivity index (χ0v) is 22.6. The molecule has 10 nitrogen and oxygen atoms in total. The number of fused-ring (bicyclic) bond motifs is 2. The number of nitrogen functional groups attached to an aromatic ring is 1. The number of benzene rings is 2. The van der Waals surface area contributed by atoms with Crippen LogP contribution in [0.2, 0.25) is 0 Å². The second kappa shape index (κ2) is 11.3. The minimum Gasteiger partial charge on any atom is -0.382 e. The lowest BCUT2D eigenvalue weighted by Crippen LogP contribution is -2.36. The Morgan fingerprint density at radius 3 is 2.78 bits per heavy atom. The van der Waals surface area contributed by atoms with Crippen LogP contribution in [-0.2, 0) is 4.74 Å². The zero-order chi connectivity index (χ0) is 28.3. The van der Waals surface area contributed by atoms with E-state index in [0.29, 0.717) is 47.7 Å². The van der Waals surface area contributed by atoms with Gasteiger partial charge in [0.05, 0.1) is 31.2 Å². The lowest BCUT2D eigenvalue weighted by molar-refractivity contribution is -0.577. The van der Waals surface area contributed by atoms with Crippen LogP contribution in [0.25, 0.3) is 22.1 Å².